The Labute approximate surface area is 258 Å². The van der Waals surface area contributed by atoms with Crippen LogP contribution in [0.1, 0.15) is 138 Å². The molecule has 0 aromatic carbocycles. The summed E-state index contributed by atoms with van der Waals surface area (Å²) in [5.41, 5.74) is 3.32. The monoisotopic (exact) mass is 577 g/mol. The molecule has 0 unspecified atom stereocenters. The Kier molecular flexibility index (Phi) is 6.99. The minimum atomic E-state index is -0.194. The first-order valence-corrected chi connectivity index (χ1v) is 18.5. The maximum Gasteiger partial charge on any atom is 0.226 e. The number of amides is 1. The minimum absolute atomic E-state index is 0.194. The van der Waals surface area contributed by atoms with Gasteiger partial charge in [0, 0.05) is 13.1 Å². The van der Waals surface area contributed by atoms with Crippen molar-refractivity contribution in [3.63, 3.8) is 0 Å². The summed E-state index contributed by atoms with van der Waals surface area (Å²) in [6, 6.07) is 0. The lowest BCUT2D eigenvalue weighted by molar-refractivity contribution is -0.195. The van der Waals surface area contributed by atoms with Crippen LogP contribution in [0.25, 0.3) is 0 Å². The zero-order chi connectivity index (χ0) is 29.8. The fourth-order valence-corrected chi connectivity index (χ4v) is 13.5. The fraction of sp³-hybridized carbons (Fsp3) is 0.923. The molecule has 6 fully saturated rings. The molecule has 0 radical (unpaired) electrons. The second-order valence-electron chi connectivity index (χ2n) is 19.0. The molecule has 1 N–H and O–H groups in total. The van der Waals surface area contributed by atoms with Crippen molar-refractivity contribution in [1.29, 1.82) is 0 Å². The van der Waals surface area contributed by atoms with Crippen molar-refractivity contribution >= 4 is 5.91 Å². The Morgan fingerprint density at radius 3 is 2.29 bits per heavy atom. The van der Waals surface area contributed by atoms with Gasteiger partial charge in [0.25, 0.3) is 0 Å². The highest BCUT2D eigenvalue weighted by atomic mass is 16.2. The summed E-state index contributed by atoms with van der Waals surface area (Å²) >= 11 is 0. The molecule has 42 heavy (non-hydrogen) atoms. The van der Waals surface area contributed by atoms with Gasteiger partial charge in [-0.05, 0) is 160 Å². The maximum atomic E-state index is 14.3. The molecule has 8 atom stereocenters. The summed E-state index contributed by atoms with van der Waals surface area (Å²) < 4.78 is 0. The molecule has 7 aliphatic rings. The van der Waals surface area contributed by atoms with Crippen molar-refractivity contribution in [1.82, 2.24) is 10.2 Å². The van der Waals surface area contributed by atoms with Crippen LogP contribution >= 0.6 is 0 Å². The molecule has 3 nitrogen and oxygen atoms in total. The molecule has 6 aliphatic carbocycles. The first-order valence-electron chi connectivity index (χ1n) is 18.5. The van der Waals surface area contributed by atoms with E-state index in [4.69, 9.17) is 0 Å². The first kappa shape index (κ1) is 29.9. The van der Waals surface area contributed by atoms with E-state index in [9.17, 15) is 4.79 Å². The number of allylic oxidation sites excluding steroid dienone is 2. The van der Waals surface area contributed by atoms with E-state index in [-0.39, 0.29) is 10.8 Å². The SMILES string of the molecule is CC1(C)CC[C@]2(C(=O)NCCN3CCCC3)CC[C@]3(C)C(=CC[C@@H]4[C@@]5(C)CC[C@H](C6CC6)C(C)(C)[C@@H]5CC[C@]43C)[C@@H]2C1. The normalized spacial score (nSPS) is 47.8. The lowest BCUT2D eigenvalue weighted by Gasteiger charge is -2.71. The van der Waals surface area contributed by atoms with Crippen LogP contribution in [0.3, 0.4) is 0 Å². The predicted molar refractivity (Wildman–Crippen MR) is 174 cm³/mol. The molecule has 1 heterocycles. The number of carbonyl (C=O) groups is 1. The number of fused-ring (bicyclic) bond motifs is 7. The molecule has 1 saturated heterocycles. The largest absolute Gasteiger partial charge is 0.354 e. The van der Waals surface area contributed by atoms with Crippen LogP contribution in [-0.2, 0) is 4.79 Å². The molecule has 0 bridgehead atoms. The molecule has 0 aromatic heterocycles. The molecule has 5 saturated carbocycles. The Hall–Kier alpha value is -0.830. The summed E-state index contributed by atoms with van der Waals surface area (Å²) in [4.78, 5) is 16.9. The van der Waals surface area contributed by atoms with Crippen LogP contribution in [0.4, 0.5) is 0 Å². The van der Waals surface area contributed by atoms with E-state index in [0.29, 0.717) is 33.5 Å². The van der Waals surface area contributed by atoms with Gasteiger partial charge in [0.2, 0.25) is 5.91 Å². The Bertz CT molecular complexity index is 1110. The topological polar surface area (TPSA) is 32.3 Å². The van der Waals surface area contributed by atoms with Crippen LogP contribution in [0.5, 0.6) is 0 Å². The number of likely N-dealkylation sites (tertiary alicyclic amines) is 1. The predicted octanol–water partition coefficient (Wildman–Crippen LogP) is 9.03. The summed E-state index contributed by atoms with van der Waals surface area (Å²) in [6.45, 7) is 22.8. The fourth-order valence-electron chi connectivity index (χ4n) is 13.5. The van der Waals surface area contributed by atoms with Gasteiger partial charge in [-0.2, -0.15) is 0 Å². The molecule has 1 aliphatic heterocycles. The van der Waals surface area contributed by atoms with Crippen LogP contribution in [0.15, 0.2) is 11.6 Å². The quantitative estimate of drug-likeness (QED) is 0.331. The Morgan fingerprint density at radius 2 is 1.57 bits per heavy atom. The van der Waals surface area contributed by atoms with Crippen molar-refractivity contribution in [3.8, 4) is 0 Å². The number of hydrogen-bond donors (Lipinski definition) is 1. The summed E-state index contributed by atoms with van der Waals surface area (Å²) in [5, 5.41) is 3.53. The van der Waals surface area contributed by atoms with Gasteiger partial charge in [-0.3, -0.25) is 4.79 Å². The molecule has 0 aromatic rings. The highest BCUT2D eigenvalue weighted by Crippen LogP contribution is 2.76. The van der Waals surface area contributed by atoms with Gasteiger partial charge in [-0.15, -0.1) is 0 Å². The van der Waals surface area contributed by atoms with E-state index in [0.717, 1.165) is 49.6 Å². The molecule has 1 amide bonds. The average molecular weight is 577 g/mol. The molecule has 3 heteroatoms. The number of nitrogens with zero attached hydrogens (tertiary/aromatic N) is 1. The standard InChI is InChI=1S/C39H64N2O/c1-34(2)18-20-39(33(42)40-22-25-41-23-8-9-24-41)21-19-37(6)29(30(39)26-34)12-13-32-36(5)16-14-28(27-10-11-27)35(3,4)31(36)15-17-38(32,37)7/h12,27-28,30-32H,8-11,13-26H2,1-7H3,(H,40,42)/t28-,30+,31+,32-,36+,37-,38-,39+/m1/s1. The third-order valence-corrected chi connectivity index (χ3v) is 16.3. The molecule has 236 valence electrons. The summed E-state index contributed by atoms with van der Waals surface area (Å²) in [6.07, 6.45) is 21.1. The van der Waals surface area contributed by atoms with E-state index in [2.05, 4.69) is 64.8 Å². The number of rotatable bonds is 5. The van der Waals surface area contributed by atoms with Gasteiger partial charge < -0.3 is 10.2 Å². The maximum absolute atomic E-state index is 14.3. The molecule has 7 rings (SSSR count). The van der Waals surface area contributed by atoms with Crippen molar-refractivity contribution < 1.29 is 4.79 Å². The lowest BCUT2D eigenvalue weighted by atomic mass is 9.33. The van der Waals surface area contributed by atoms with Crippen molar-refractivity contribution in [3.05, 3.63) is 11.6 Å². The smallest absolute Gasteiger partial charge is 0.226 e. The summed E-state index contributed by atoms with van der Waals surface area (Å²) in [5.74, 6) is 4.42. The van der Waals surface area contributed by atoms with Crippen molar-refractivity contribution in [2.45, 2.75) is 138 Å². The first-order chi connectivity index (χ1) is 19.8. The molecule has 0 spiro atoms. The van der Waals surface area contributed by atoms with Crippen LogP contribution in [0, 0.1) is 62.1 Å². The second-order valence-corrected chi connectivity index (χ2v) is 19.0. The van der Waals surface area contributed by atoms with E-state index >= 15 is 0 Å². The van der Waals surface area contributed by atoms with Crippen molar-refractivity contribution in [2.24, 2.45) is 62.1 Å². The number of carbonyl (C=O) groups excluding carboxylic acids is 1. The van der Waals surface area contributed by atoms with Crippen LogP contribution in [-0.4, -0.2) is 37.0 Å². The van der Waals surface area contributed by atoms with Gasteiger partial charge in [0.1, 0.15) is 0 Å². The molecular weight excluding hydrogens is 512 g/mol. The van der Waals surface area contributed by atoms with E-state index < -0.39 is 0 Å². The zero-order valence-electron chi connectivity index (χ0n) is 28.5. The van der Waals surface area contributed by atoms with E-state index in [1.165, 1.54) is 90.1 Å². The van der Waals surface area contributed by atoms with Crippen molar-refractivity contribution in [2.75, 3.05) is 26.2 Å². The zero-order valence-corrected chi connectivity index (χ0v) is 28.5. The van der Waals surface area contributed by atoms with Gasteiger partial charge in [0.05, 0.1) is 5.41 Å². The summed E-state index contributed by atoms with van der Waals surface area (Å²) in [7, 11) is 0. The highest BCUT2D eigenvalue weighted by molar-refractivity contribution is 5.84. The second kappa shape index (κ2) is 9.83. The van der Waals surface area contributed by atoms with Gasteiger partial charge in [0.15, 0.2) is 0 Å². The van der Waals surface area contributed by atoms with Gasteiger partial charge in [-0.25, -0.2) is 0 Å². The van der Waals surface area contributed by atoms with E-state index in [1.807, 2.05) is 0 Å². The van der Waals surface area contributed by atoms with Crippen LogP contribution < -0.4 is 5.32 Å². The van der Waals surface area contributed by atoms with E-state index in [1.54, 1.807) is 5.57 Å². The Balaban J connectivity index is 1.19. The number of nitrogens with one attached hydrogen (secondary N) is 1. The lowest BCUT2D eigenvalue weighted by Crippen LogP contribution is -2.65. The third-order valence-electron chi connectivity index (χ3n) is 16.3. The molecular formula is C39H64N2O. The minimum Gasteiger partial charge on any atom is -0.354 e. The Morgan fingerprint density at radius 1 is 0.857 bits per heavy atom. The average Bonchev–Trinajstić information content (AvgIpc) is 3.62. The van der Waals surface area contributed by atoms with Crippen LogP contribution in [0.2, 0.25) is 0 Å². The third kappa shape index (κ3) is 4.23. The highest BCUT2D eigenvalue weighted by Gasteiger charge is 2.69. The van der Waals surface area contributed by atoms with Gasteiger partial charge in [-0.1, -0.05) is 60.1 Å². The van der Waals surface area contributed by atoms with Gasteiger partial charge >= 0.3 is 0 Å². The number of hydrogen-bond acceptors (Lipinski definition) is 2.